The molecule has 2 atom stereocenters. The zero-order chi connectivity index (χ0) is 10.4. The summed E-state index contributed by atoms with van der Waals surface area (Å²) in [7, 11) is 0. The van der Waals surface area contributed by atoms with Crippen LogP contribution in [-0.4, -0.2) is 13.2 Å². The van der Waals surface area contributed by atoms with E-state index in [0.29, 0.717) is 0 Å². The molecule has 1 aliphatic rings. The van der Waals surface area contributed by atoms with Crippen molar-refractivity contribution in [2.75, 3.05) is 13.2 Å². The second kappa shape index (κ2) is 5.36. The van der Waals surface area contributed by atoms with Crippen molar-refractivity contribution in [3.05, 3.63) is 0 Å². The van der Waals surface area contributed by atoms with Gasteiger partial charge in [-0.05, 0) is 38.0 Å². The molecule has 2 nitrogen and oxygen atoms in total. The van der Waals surface area contributed by atoms with Crippen LogP contribution in [0.25, 0.3) is 0 Å². The maximum atomic E-state index is 9.19. The van der Waals surface area contributed by atoms with Gasteiger partial charge >= 0.3 is 0 Å². The maximum absolute atomic E-state index is 9.19. The fourth-order valence-electron chi connectivity index (χ4n) is 2.29. The van der Waals surface area contributed by atoms with Crippen LogP contribution in [0, 0.1) is 22.7 Å². The molecule has 0 spiro atoms. The average Bonchev–Trinajstić information content (AvgIpc) is 2.56. The number of nitrogens with zero attached hydrogens (tertiary/aromatic N) is 1. The van der Waals surface area contributed by atoms with Gasteiger partial charge in [0.15, 0.2) is 0 Å². The van der Waals surface area contributed by atoms with Gasteiger partial charge in [-0.2, -0.15) is 5.26 Å². The number of hydrogen-bond donors (Lipinski definition) is 0. The summed E-state index contributed by atoms with van der Waals surface area (Å²) in [6.45, 7) is 5.94. The van der Waals surface area contributed by atoms with Crippen LogP contribution in [0.4, 0.5) is 0 Å². The zero-order valence-corrected chi connectivity index (χ0v) is 9.38. The van der Waals surface area contributed by atoms with E-state index in [0.717, 1.165) is 44.8 Å². The van der Waals surface area contributed by atoms with E-state index >= 15 is 0 Å². The molecular formula is C12H21NO. The van der Waals surface area contributed by atoms with Gasteiger partial charge in [0.1, 0.15) is 0 Å². The van der Waals surface area contributed by atoms with Crippen molar-refractivity contribution in [3.8, 4) is 6.07 Å². The van der Waals surface area contributed by atoms with Crippen molar-refractivity contribution >= 4 is 0 Å². The van der Waals surface area contributed by atoms with E-state index in [9.17, 15) is 5.26 Å². The normalized spacial score (nSPS) is 31.6. The molecule has 0 N–H and O–H groups in total. The molecule has 0 saturated heterocycles. The summed E-state index contributed by atoms with van der Waals surface area (Å²) >= 11 is 0. The van der Waals surface area contributed by atoms with Crippen molar-refractivity contribution in [2.24, 2.45) is 11.3 Å². The molecule has 1 saturated carbocycles. The van der Waals surface area contributed by atoms with Crippen LogP contribution >= 0.6 is 0 Å². The fourth-order valence-corrected chi connectivity index (χ4v) is 2.29. The van der Waals surface area contributed by atoms with Crippen molar-refractivity contribution in [1.29, 1.82) is 5.26 Å². The quantitative estimate of drug-likeness (QED) is 0.631. The van der Waals surface area contributed by atoms with E-state index in [1.54, 1.807) is 0 Å². The van der Waals surface area contributed by atoms with Crippen LogP contribution in [0.2, 0.25) is 0 Å². The topological polar surface area (TPSA) is 33.0 Å². The predicted molar refractivity (Wildman–Crippen MR) is 56.8 cm³/mol. The minimum Gasteiger partial charge on any atom is -0.381 e. The third kappa shape index (κ3) is 2.99. The second-order valence-electron chi connectivity index (χ2n) is 4.60. The van der Waals surface area contributed by atoms with Gasteiger partial charge in [0.2, 0.25) is 0 Å². The van der Waals surface area contributed by atoms with Gasteiger partial charge in [0.05, 0.1) is 11.5 Å². The van der Waals surface area contributed by atoms with E-state index in [1.807, 2.05) is 0 Å². The van der Waals surface area contributed by atoms with Gasteiger partial charge in [-0.1, -0.05) is 13.8 Å². The Morgan fingerprint density at radius 1 is 1.50 bits per heavy atom. The Bertz CT molecular complexity index is 209. The van der Waals surface area contributed by atoms with Crippen LogP contribution in [0.1, 0.15) is 46.0 Å². The molecule has 1 rings (SSSR count). The molecule has 0 aromatic carbocycles. The lowest BCUT2D eigenvalue weighted by Gasteiger charge is -2.20. The lowest BCUT2D eigenvalue weighted by atomic mass is 9.84. The summed E-state index contributed by atoms with van der Waals surface area (Å²) in [6, 6.07) is 2.50. The van der Waals surface area contributed by atoms with E-state index in [2.05, 4.69) is 19.9 Å². The summed E-state index contributed by atoms with van der Waals surface area (Å²) in [5.41, 5.74) is -0.0623. The van der Waals surface area contributed by atoms with Gasteiger partial charge in [-0.25, -0.2) is 0 Å². The molecule has 2 unspecified atom stereocenters. The van der Waals surface area contributed by atoms with Gasteiger partial charge in [0, 0.05) is 13.2 Å². The third-order valence-electron chi connectivity index (χ3n) is 3.17. The molecule has 0 radical (unpaired) electrons. The monoisotopic (exact) mass is 195 g/mol. The number of hydrogen-bond acceptors (Lipinski definition) is 2. The Morgan fingerprint density at radius 2 is 2.29 bits per heavy atom. The molecule has 80 valence electrons. The van der Waals surface area contributed by atoms with Crippen LogP contribution in [0.15, 0.2) is 0 Å². The highest BCUT2D eigenvalue weighted by atomic mass is 16.5. The maximum Gasteiger partial charge on any atom is 0.0690 e. The fraction of sp³-hybridized carbons (Fsp3) is 0.917. The van der Waals surface area contributed by atoms with Crippen LogP contribution in [0.3, 0.4) is 0 Å². The average molecular weight is 195 g/mol. The molecule has 1 aliphatic carbocycles. The summed E-state index contributed by atoms with van der Waals surface area (Å²) in [5, 5.41) is 9.19. The predicted octanol–water partition coefficient (Wildman–Crippen LogP) is 3.13. The first-order valence-corrected chi connectivity index (χ1v) is 5.71. The lowest BCUT2D eigenvalue weighted by Crippen LogP contribution is -2.17. The molecule has 1 fully saturated rings. The van der Waals surface area contributed by atoms with Crippen LogP contribution in [-0.2, 0) is 4.74 Å². The van der Waals surface area contributed by atoms with Crippen molar-refractivity contribution in [2.45, 2.75) is 46.0 Å². The number of ether oxygens (including phenoxy) is 1. The highest BCUT2D eigenvalue weighted by Gasteiger charge is 2.37. The molecule has 0 aromatic heterocycles. The van der Waals surface area contributed by atoms with Crippen LogP contribution in [0.5, 0.6) is 0 Å². The first-order valence-electron chi connectivity index (χ1n) is 5.71. The molecule has 2 heteroatoms. The van der Waals surface area contributed by atoms with E-state index < -0.39 is 0 Å². The van der Waals surface area contributed by atoms with Crippen molar-refractivity contribution in [3.63, 3.8) is 0 Å². The summed E-state index contributed by atoms with van der Waals surface area (Å²) < 4.78 is 5.46. The Hall–Kier alpha value is -0.550. The summed E-state index contributed by atoms with van der Waals surface area (Å²) in [4.78, 5) is 0. The van der Waals surface area contributed by atoms with Crippen molar-refractivity contribution < 1.29 is 4.74 Å². The minimum absolute atomic E-state index is 0.0623. The highest BCUT2D eigenvalue weighted by molar-refractivity contribution is 5.03. The van der Waals surface area contributed by atoms with E-state index in [4.69, 9.17) is 4.74 Å². The van der Waals surface area contributed by atoms with E-state index in [1.165, 1.54) is 6.42 Å². The minimum atomic E-state index is -0.0623. The number of nitriles is 1. The Labute approximate surface area is 87.3 Å². The van der Waals surface area contributed by atoms with E-state index in [-0.39, 0.29) is 5.41 Å². The van der Waals surface area contributed by atoms with Gasteiger partial charge in [0.25, 0.3) is 0 Å². The summed E-state index contributed by atoms with van der Waals surface area (Å²) in [6.07, 6.45) is 5.34. The molecule has 0 aromatic rings. The second-order valence-corrected chi connectivity index (χ2v) is 4.60. The molecular weight excluding hydrogens is 174 g/mol. The van der Waals surface area contributed by atoms with Gasteiger partial charge in [-0.15, -0.1) is 0 Å². The molecule has 0 heterocycles. The first-order chi connectivity index (χ1) is 6.72. The van der Waals surface area contributed by atoms with Crippen LogP contribution < -0.4 is 0 Å². The van der Waals surface area contributed by atoms with Gasteiger partial charge in [-0.3, -0.25) is 0 Å². The lowest BCUT2D eigenvalue weighted by molar-refractivity contribution is 0.109. The third-order valence-corrected chi connectivity index (χ3v) is 3.17. The van der Waals surface area contributed by atoms with Gasteiger partial charge < -0.3 is 4.74 Å². The standard InChI is InChI=1S/C12H21NO/c1-3-7-14-8-6-12(10-13)5-4-11(2)9-12/h11H,3-9H2,1-2H3. The SMILES string of the molecule is CCCOCCC1(C#N)CCC(C)C1. The van der Waals surface area contributed by atoms with Crippen molar-refractivity contribution in [1.82, 2.24) is 0 Å². The smallest absolute Gasteiger partial charge is 0.0690 e. The Kier molecular flexibility index (Phi) is 4.41. The molecule has 0 amide bonds. The highest BCUT2D eigenvalue weighted by Crippen LogP contribution is 2.43. The Balaban J connectivity index is 2.29. The number of rotatable bonds is 5. The first kappa shape index (κ1) is 11.5. The Morgan fingerprint density at radius 3 is 2.79 bits per heavy atom. The molecule has 0 aliphatic heterocycles. The largest absolute Gasteiger partial charge is 0.381 e. The summed E-state index contributed by atoms with van der Waals surface area (Å²) in [5.74, 6) is 0.723. The molecule has 14 heavy (non-hydrogen) atoms. The molecule has 0 bridgehead atoms. The zero-order valence-electron chi connectivity index (χ0n) is 9.38.